The van der Waals surface area contributed by atoms with E-state index in [4.69, 9.17) is 4.42 Å². The van der Waals surface area contributed by atoms with Gasteiger partial charge in [-0.2, -0.15) is 4.98 Å². The minimum absolute atomic E-state index is 0.349. The SMILES string of the molecule is CC(C)NCc1coc(N(Cc2cccs2)C(C)C)n1. The highest BCUT2D eigenvalue weighted by molar-refractivity contribution is 7.09. The lowest BCUT2D eigenvalue weighted by Gasteiger charge is -2.24. The average molecular weight is 293 g/mol. The van der Waals surface area contributed by atoms with Crippen molar-refractivity contribution in [3.63, 3.8) is 0 Å². The third-order valence-corrected chi connectivity index (χ3v) is 3.87. The van der Waals surface area contributed by atoms with Gasteiger partial charge in [0.25, 0.3) is 6.01 Å². The van der Waals surface area contributed by atoms with Crippen LogP contribution in [0.5, 0.6) is 0 Å². The summed E-state index contributed by atoms with van der Waals surface area (Å²) in [6, 6.07) is 5.72. The van der Waals surface area contributed by atoms with Gasteiger partial charge in [0.05, 0.1) is 12.2 Å². The number of hydrogen-bond donors (Lipinski definition) is 1. The Hall–Kier alpha value is -1.33. The zero-order valence-electron chi connectivity index (χ0n) is 12.6. The highest BCUT2D eigenvalue weighted by Crippen LogP contribution is 2.21. The summed E-state index contributed by atoms with van der Waals surface area (Å²) in [7, 11) is 0. The van der Waals surface area contributed by atoms with E-state index in [0.29, 0.717) is 18.1 Å². The maximum Gasteiger partial charge on any atom is 0.298 e. The Morgan fingerprint density at radius 3 is 2.75 bits per heavy atom. The minimum atomic E-state index is 0.349. The van der Waals surface area contributed by atoms with Gasteiger partial charge in [-0.1, -0.05) is 19.9 Å². The predicted molar refractivity (Wildman–Crippen MR) is 84.1 cm³/mol. The molecule has 4 nitrogen and oxygen atoms in total. The van der Waals surface area contributed by atoms with Gasteiger partial charge in [-0.15, -0.1) is 11.3 Å². The standard InChI is InChI=1S/C15H23N3OS/c1-11(2)16-8-13-10-19-15(17-13)18(12(3)4)9-14-6-5-7-20-14/h5-7,10-12,16H,8-9H2,1-4H3. The van der Waals surface area contributed by atoms with Gasteiger partial charge in [-0.05, 0) is 25.3 Å². The second-order valence-corrected chi connectivity index (χ2v) is 6.49. The van der Waals surface area contributed by atoms with Gasteiger partial charge in [-0.3, -0.25) is 0 Å². The van der Waals surface area contributed by atoms with Crippen LogP contribution in [0.1, 0.15) is 38.3 Å². The predicted octanol–water partition coefficient (Wildman–Crippen LogP) is 3.65. The first kappa shape index (κ1) is 15.1. The molecular formula is C15H23N3OS. The first-order chi connectivity index (χ1) is 9.56. The van der Waals surface area contributed by atoms with Gasteiger partial charge in [0.1, 0.15) is 6.26 Å². The zero-order chi connectivity index (χ0) is 14.5. The number of oxazole rings is 1. The number of nitrogens with one attached hydrogen (secondary N) is 1. The number of hydrogen-bond acceptors (Lipinski definition) is 5. The second-order valence-electron chi connectivity index (χ2n) is 5.46. The maximum absolute atomic E-state index is 5.65. The molecule has 0 aliphatic carbocycles. The highest BCUT2D eigenvalue weighted by atomic mass is 32.1. The molecule has 1 N–H and O–H groups in total. The van der Waals surface area contributed by atoms with E-state index in [1.54, 1.807) is 17.6 Å². The fourth-order valence-electron chi connectivity index (χ4n) is 1.86. The number of rotatable bonds is 7. The van der Waals surface area contributed by atoms with Crippen molar-refractivity contribution >= 4 is 17.4 Å². The van der Waals surface area contributed by atoms with Crippen molar-refractivity contribution in [2.24, 2.45) is 0 Å². The zero-order valence-corrected chi connectivity index (χ0v) is 13.4. The fourth-order valence-corrected chi connectivity index (χ4v) is 2.56. The summed E-state index contributed by atoms with van der Waals surface area (Å²) in [5.41, 5.74) is 0.950. The Kier molecular flexibility index (Phi) is 5.20. The van der Waals surface area contributed by atoms with Crippen LogP contribution < -0.4 is 10.2 Å². The molecular weight excluding hydrogens is 270 g/mol. The molecule has 0 radical (unpaired) electrons. The average Bonchev–Trinajstić information content (AvgIpc) is 3.04. The lowest BCUT2D eigenvalue weighted by atomic mass is 10.3. The van der Waals surface area contributed by atoms with E-state index in [9.17, 15) is 0 Å². The summed E-state index contributed by atoms with van der Waals surface area (Å²) in [6.45, 7) is 10.1. The number of thiophene rings is 1. The molecule has 0 aliphatic rings. The molecule has 0 aromatic carbocycles. The molecule has 0 spiro atoms. The van der Waals surface area contributed by atoms with E-state index >= 15 is 0 Å². The molecule has 110 valence electrons. The summed E-state index contributed by atoms with van der Waals surface area (Å²) in [5, 5.41) is 5.45. The highest BCUT2D eigenvalue weighted by Gasteiger charge is 2.17. The largest absolute Gasteiger partial charge is 0.432 e. The molecule has 2 heterocycles. The topological polar surface area (TPSA) is 41.3 Å². The van der Waals surface area contributed by atoms with E-state index in [1.165, 1.54) is 4.88 Å². The molecule has 0 unspecified atom stereocenters. The van der Waals surface area contributed by atoms with Crippen molar-refractivity contribution in [1.29, 1.82) is 0 Å². The minimum Gasteiger partial charge on any atom is -0.432 e. The van der Waals surface area contributed by atoms with Crippen molar-refractivity contribution in [2.75, 3.05) is 4.90 Å². The Labute approximate surface area is 124 Å². The van der Waals surface area contributed by atoms with Gasteiger partial charge in [0, 0.05) is 23.5 Å². The Morgan fingerprint density at radius 1 is 1.35 bits per heavy atom. The van der Waals surface area contributed by atoms with Crippen molar-refractivity contribution in [3.8, 4) is 0 Å². The number of aromatic nitrogens is 1. The normalized spacial score (nSPS) is 11.5. The monoisotopic (exact) mass is 293 g/mol. The molecule has 2 rings (SSSR count). The summed E-state index contributed by atoms with van der Waals surface area (Å²) in [5.74, 6) is 0. The van der Waals surface area contributed by atoms with Crippen LogP contribution in [0, 0.1) is 0 Å². The molecule has 0 saturated carbocycles. The van der Waals surface area contributed by atoms with Crippen molar-refractivity contribution in [3.05, 3.63) is 34.3 Å². The van der Waals surface area contributed by atoms with Gasteiger partial charge in [0.15, 0.2) is 0 Å². The van der Waals surface area contributed by atoms with Crippen LogP contribution in [-0.4, -0.2) is 17.1 Å². The molecule has 0 aliphatic heterocycles. The van der Waals surface area contributed by atoms with Crippen molar-refractivity contribution < 1.29 is 4.42 Å². The Morgan fingerprint density at radius 2 is 2.15 bits per heavy atom. The second kappa shape index (κ2) is 6.90. The van der Waals surface area contributed by atoms with Gasteiger partial charge in [-0.25, -0.2) is 0 Å². The van der Waals surface area contributed by atoms with Crippen LogP contribution >= 0.6 is 11.3 Å². The van der Waals surface area contributed by atoms with Crippen molar-refractivity contribution in [2.45, 2.75) is 52.9 Å². The molecule has 20 heavy (non-hydrogen) atoms. The molecule has 5 heteroatoms. The Bertz CT molecular complexity index is 505. The summed E-state index contributed by atoms with van der Waals surface area (Å²) < 4.78 is 5.65. The van der Waals surface area contributed by atoms with E-state index < -0.39 is 0 Å². The maximum atomic E-state index is 5.65. The van der Waals surface area contributed by atoms with E-state index in [-0.39, 0.29) is 0 Å². The van der Waals surface area contributed by atoms with Gasteiger partial charge < -0.3 is 14.6 Å². The summed E-state index contributed by atoms with van der Waals surface area (Å²) in [6.07, 6.45) is 1.74. The van der Waals surface area contributed by atoms with E-state index in [2.05, 4.69) is 60.4 Å². The fraction of sp³-hybridized carbons (Fsp3) is 0.533. The number of anilines is 1. The first-order valence-corrected chi connectivity index (χ1v) is 7.91. The van der Waals surface area contributed by atoms with Crippen LogP contribution in [0.15, 0.2) is 28.2 Å². The lowest BCUT2D eigenvalue weighted by Crippen LogP contribution is -2.30. The lowest BCUT2D eigenvalue weighted by molar-refractivity contribution is 0.509. The van der Waals surface area contributed by atoms with Crippen LogP contribution in [0.4, 0.5) is 6.01 Å². The summed E-state index contributed by atoms with van der Waals surface area (Å²) >= 11 is 1.76. The first-order valence-electron chi connectivity index (χ1n) is 7.03. The van der Waals surface area contributed by atoms with Crippen LogP contribution in [-0.2, 0) is 13.1 Å². The van der Waals surface area contributed by atoms with Crippen LogP contribution in [0.2, 0.25) is 0 Å². The van der Waals surface area contributed by atoms with E-state index in [0.717, 1.165) is 18.8 Å². The summed E-state index contributed by atoms with van der Waals surface area (Å²) in [4.78, 5) is 8.09. The number of nitrogens with zero attached hydrogens (tertiary/aromatic N) is 2. The quantitative estimate of drug-likeness (QED) is 0.846. The molecule has 0 amide bonds. The van der Waals surface area contributed by atoms with Crippen LogP contribution in [0.25, 0.3) is 0 Å². The molecule has 2 aromatic rings. The van der Waals surface area contributed by atoms with Gasteiger partial charge in [0.2, 0.25) is 0 Å². The van der Waals surface area contributed by atoms with Crippen LogP contribution in [0.3, 0.4) is 0 Å². The smallest absolute Gasteiger partial charge is 0.298 e. The molecule has 0 bridgehead atoms. The molecule has 0 saturated heterocycles. The molecule has 0 atom stereocenters. The van der Waals surface area contributed by atoms with Gasteiger partial charge >= 0.3 is 0 Å². The molecule has 2 aromatic heterocycles. The third-order valence-electron chi connectivity index (χ3n) is 3.01. The van der Waals surface area contributed by atoms with Crippen molar-refractivity contribution in [1.82, 2.24) is 10.3 Å². The van der Waals surface area contributed by atoms with E-state index in [1.807, 2.05) is 0 Å². The molecule has 0 fully saturated rings. The third kappa shape index (κ3) is 4.08. The Balaban J connectivity index is 2.05.